The van der Waals surface area contributed by atoms with Gasteiger partial charge in [-0.25, -0.2) is 0 Å². The molecule has 106 valence electrons. The summed E-state index contributed by atoms with van der Waals surface area (Å²) in [7, 11) is 0. The highest BCUT2D eigenvalue weighted by atomic mass is 16.5. The van der Waals surface area contributed by atoms with Gasteiger partial charge in [0.05, 0.1) is 19.1 Å². The number of carbonyl (C=O) groups is 2. The molecule has 1 unspecified atom stereocenters. The van der Waals surface area contributed by atoms with Gasteiger partial charge in [0.25, 0.3) is 0 Å². The minimum atomic E-state index is -0.613. The van der Waals surface area contributed by atoms with Crippen LogP contribution in [-0.2, 0) is 14.3 Å². The van der Waals surface area contributed by atoms with Crippen molar-refractivity contribution in [2.75, 3.05) is 19.7 Å². The first-order chi connectivity index (χ1) is 8.18. The van der Waals surface area contributed by atoms with E-state index in [9.17, 15) is 14.7 Å². The second-order valence-electron chi connectivity index (χ2n) is 5.41. The SMILES string of the molecule is CCOC(=O)CCN(CC(C)O)C(=O)C(C)(C)C. The van der Waals surface area contributed by atoms with Crippen molar-refractivity contribution in [2.45, 2.75) is 47.1 Å². The number of rotatable bonds is 6. The summed E-state index contributed by atoms with van der Waals surface area (Å²) in [6.07, 6.45) is -0.457. The highest BCUT2D eigenvalue weighted by molar-refractivity contribution is 5.82. The Kier molecular flexibility index (Phi) is 6.91. The van der Waals surface area contributed by atoms with Gasteiger partial charge in [-0.2, -0.15) is 0 Å². The highest BCUT2D eigenvalue weighted by Crippen LogP contribution is 2.18. The molecule has 0 fully saturated rings. The maximum Gasteiger partial charge on any atom is 0.307 e. The van der Waals surface area contributed by atoms with Gasteiger partial charge < -0.3 is 14.7 Å². The van der Waals surface area contributed by atoms with E-state index in [-0.39, 0.29) is 31.4 Å². The monoisotopic (exact) mass is 259 g/mol. The molecule has 0 rings (SSSR count). The Hall–Kier alpha value is -1.10. The Labute approximate surface area is 109 Å². The first kappa shape index (κ1) is 16.9. The third-order valence-electron chi connectivity index (χ3n) is 2.30. The van der Waals surface area contributed by atoms with E-state index >= 15 is 0 Å². The molecule has 0 saturated carbocycles. The van der Waals surface area contributed by atoms with E-state index in [2.05, 4.69) is 0 Å². The zero-order valence-corrected chi connectivity index (χ0v) is 12.0. The number of carbonyl (C=O) groups excluding carboxylic acids is 2. The largest absolute Gasteiger partial charge is 0.466 e. The molecule has 0 aliphatic heterocycles. The second-order valence-corrected chi connectivity index (χ2v) is 5.41. The molecule has 0 aromatic carbocycles. The molecule has 0 heterocycles. The average Bonchev–Trinajstić information content (AvgIpc) is 2.21. The first-order valence-electron chi connectivity index (χ1n) is 6.31. The summed E-state index contributed by atoms with van der Waals surface area (Å²) >= 11 is 0. The van der Waals surface area contributed by atoms with Gasteiger partial charge >= 0.3 is 5.97 Å². The van der Waals surface area contributed by atoms with Crippen molar-refractivity contribution < 1.29 is 19.4 Å². The Morgan fingerprint density at radius 2 is 1.89 bits per heavy atom. The van der Waals surface area contributed by atoms with Crippen molar-refractivity contribution in [3.63, 3.8) is 0 Å². The number of ether oxygens (including phenoxy) is 1. The van der Waals surface area contributed by atoms with Crippen molar-refractivity contribution in [3.05, 3.63) is 0 Å². The lowest BCUT2D eigenvalue weighted by Gasteiger charge is -2.30. The van der Waals surface area contributed by atoms with Gasteiger partial charge in [0.1, 0.15) is 0 Å². The minimum absolute atomic E-state index is 0.0762. The van der Waals surface area contributed by atoms with Crippen molar-refractivity contribution in [2.24, 2.45) is 5.41 Å². The van der Waals surface area contributed by atoms with Crippen LogP contribution in [0, 0.1) is 5.41 Å². The van der Waals surface area contributed by atoms with E-state index in [4.69, 9.17) is 4.74 Å². The lowest BCUT2D eigenvalue weighted by Crippen LogP contribution is -2.44. The standard InChI is InChI=1S/C13H25NO4/c1-6-18-11(16)7-8-14(9-10(2)15)12(17)13(3,4)5/h10,15H,6-9H2,1-5H3. The fourth-order valence-electron chi connectivity index (χ4n) is 1.53. The number of aliphatic hydroxyl groups is 1. The van der Waals surface area contributed by atoms with Crippen LogP contribution in [0.3, 0.4) is 0 Å². The second kappa shape index (κ2) is 7.36. The molecule has 5 heteroatoms. The summed E-state index contributed by atoms with van der Waals surface area (Å²) < 4.78 is 4.82. The summed E-state index contributed by atoms with van der Waals surface area (Å²) in [5, 5.41) is 9.40. The lowest BCUT2D eigenvalue weighted by atomic mass is 9.94. The third kappa shape index (κ3) is 6.59. The predicted molar refractivity (Wildman–Crippen MR) is 69.0 cm³/mol. The Balaban J connectivity index is 4.50. The van der Waals surface area contributed by atoms with Gasteiger partial charge in [0.15, 0.2) is 0 Å². The van der Waals surface area contributed by atoms with Crippen LogP contribution in [0.1, 0.15) is 41.0 Å². The molecule has 0 aliphatic carbocycles. The van der Waals surface area contributed by atoms with E-state index in [0.717, 1.165) is 0 Å². The molecule has 0 radical (unpaired) electrons. The Bertz CT molecular complexity index is 281. The zero-order chi connectivity index (χ0) is 14.3. The molecule has 0 spiro atoms. The number of hydrogen-bond donors (Lipinski definition) is 1. The molecule has 0 saturated heterocycles. The van der Waals surface area contributed by atoms with E-state index < -0.39 is 11.5 Å². The summed E-state index contributed by atoms with van der Waals surface area (Å²) in [5.41, 5.74) is -0.524. The van der Waals surface area contributed by atoms with Crippen molar-refractivity contribution in [3.8, 4) is 0 Å². The van der Waals surface area contributed by atoms with Crippen molar-refractivity contribution >= 4 is 11.9 Å². The predicted octanol–water partition coefficient (Wildman–Crippen LogP) is 1.20. The normalized spacial score (nSPS) is 13.0. The smallest absolute Gasteiger partial charge is 0.307 e. The van der Waals surface area contributed by atoms with Gasteiger partial charge in [-0.05, 0) is 13.8 Å². The maximum absolute atomic E-state index is 12.1. The number of hydrogen-bond acceptors (Lipinski definition) is 4. The van der Waals surface area contributed by atoms with E-state index in [1.807, 2.05) is 20.8 Å². The van der Waals surface area contributed by atoms with Gasteiger partial charge in [0.2, 0.25) is 5.91 Å². The Morgan fingerprint density at radius 3 is 2.28 bits per heavy atom. The molecular formula is C13H25NO4. The summed E-state index contributed by atoms with van der Waals surface area (Å²) in [6.45, 7) is 9.65. The number of amides is 1. The number of esters is 1. The van der Waals surface area contributed by atoms with Gasteiger partial charge in [-0.15, -0.1) is 0 Å². The van der Waals surface area contributed by atoms with E-state index in [1.165, 1.54) is 4.90 Å². The van der Waals surface area contributed by atoms with Crippen LogP contribution in [0.2, 0.25) is 0 Å². The Morgan fingerprint density at radius 1 is 1.33 bits per heavy atom. The van der Waals surface area contributed by atoms with Crippen molar-refractivity contribution in [1.82, 2.24) is 4.90 Å². The van der Waals surface area contributed by atoms with Gasteiger partial charge in [-0.1, -0.05) is 20.8 Å². The summed E-state index contributed by atoms with van der Waals surface area (Å²) in [5.74, 6) is -0.400. The number of aliphatic hydroxyl groups excluding tert-OH is 1. The molecule has 1 atom stereocenters. The fraction of sp³-hybridized carbons (Fsp3) is 0.846. The molecule has 0 aromatic rings. The molecule has 5 nitrogen and oxygen atoms in total. The van der Waals surface area contributed by atoms with E-state index in [0.29, 0.717) is 6.61 Å². The first-order valence-corrected chi connectivity index (χ1v) is 6.31. The third-order valence-corrected chi connectivity index (χ3v) is 2.30. The van der Waals surface area contributed by atoms with E-state index in [1.54, 1.807) is 13.8 Å². The zero-order valence-electron chi connectivity index (χ0n) is 12.0. The molecule has 0 aliphatic rings. The van der Waals surface area contributed by atoms with Crippen molar-refractivity contribution in [1.29, 1.82) is 0 Å². The topological polar surface area (TPSA) is 66.8 Å². The fourth-order valence-corrected chi connectivity index (χ4v) is 1.53. The van der Waals surface area contributed by atoms with Gasteiger partial charge in [-0.3, -0.25) is 9.59 Å². The highest BCUT2D eigenvalue weighted by Gasteiger charge is 2.28. The maximum atomic E-state index is 12.1. The van der Waals surface area contributed by atoms with Crippen LogP contribution < -0.4 is 0 Å². The van der Waals surface area contributed by atoms with Crippen LogP contribution in [-0.4, -0.2) is 47.7 Å². The molecular weight excluding hydrogens is 234 g/mol. The average molecular weight is 259 g/mol. The molecule has 0 bridgehead atoms. The minimum Gasteiger partial charge on any atom is -0.466 e. The number of nitrogens with zero attached hydrogens (tertiary/aromatic N) is 1. The van der Waals surface area contributed by atoms with Crippen LogP contribution in [0.5, 0.6) is 0 Å². The molecule has 1 N–H and O–H groups in total. The van der Waals surface area contributed by atoms with Crippen LogP contribution in [0.15, 0.2) is 0 Å². The van der Waals surface area contributed by atoms with Crippen LogP contribution in [0.25, 0.3) is 0 Å². The van der Waals surface area contributed by atoms with Crippen LogP contribution in [0.4, 0.5) is 0 Å². The van der Waals surface area contributed by atoms with Crippen LogP contribution >= 0.6 is 0 Å². The molecule has 1 amide bonds. The lowest BCUT2D eigenvalue weighted by molar-refractivity contribution is -0.146. The summed E-state index contributed by atoms with van der Waals surface area (Å²) in [6, 6.07) is 0. The van der Waals surface area contributed by atoms with Gasteiger partial charge in [0, 0.05) is 18.5 Å². The molecule has 0 aromatic heterocycles. The summed E-state index contributed by atoms with van der Waals surface area (Å²) in [4.78, 5) is 24.9. The molecule has 18 heavy (non-hydrogen) atoms. The quantitative estimate of drug-likeness (QED) is 0.728.